The van der Waals surface area contributed by atoms with E-state index in [0.29, 0.717) is 29.2 Å². The molecule has 0 aliphatic carbocycles. The molecule has 0 N–H and O–H groups in total. The first-order valence-corrected chi connectivity index (χ1v) is 16.0. The van der Waals surface area contributed by atoms with Crippen LogP contribution in [0.1, 0.15) is 30.7 Å². The van der Waals surface area contributed by atoms with Crippen LogP contribution in [0.15, 0.2) is 60.3 Å². The third-order valence-electron chi connectivity index (χ3n) is 8.48. The number of amides is 1. The zero-order valence-corrected chi connectivity index (χ0v) is 26.6. The van der Waals surface area contributed by atoms with E-state index in [1.807, 2.05) is 11.4 Å². The molecule has 2 aliphatic heterocycles. The third-order valence-corrected chi connectivity index (χ3v) is 9.41. The van der Waals surface area contributed by atoms with Crippen LogP contribution >= 0.6 is 11.3 Å². The van der Waals surface area contributed by atoms with Gasteiger partial charge in [-0.15, -0.1) is 11.3 Å². The zero-order valence-electron chi connectivity index (χ0n) is 25.7. The van der Waals surface area contributed by atoms with E-state index in [0.717, 1.165) is 46.9 Å². The Hall–Kier alpha value is -4.48. The van der Waals surface area contributed by atoms with Crippen LogP contribution in [0.5, 0.6) is 5.75 Å². The maximum absolute atomic E-state index is 16.0. The van der Waals surface area contributed by atoms with E-state index in [2.05, 4.69) is 36.7 Å². The lowest BCUT2D eigenvalue weighted by atomic mass is 9.93. The topological polar surface area (TPSA) is 63.5 Å². The average Bonchev–Trinajstić information content (AvgIpc) is 3.67. The van der Waals surface area contributed by atoms with Crippen molar-refractivity contribution in [2.24, 2.45) is 0 Å². The number of thiophene rings is 1. The molecule has 2 aliphatic rings. The molecular formula is C35H32F3N5O2S. The molecule has 0 spiro atoms. The highest BCUT2D eigenvalue weighted by molar-refractivity contribution is 7.18. The van der Waals surface area contributed by atoms with Crippen LogP contribution in [0.25, 0.3) is 43.9 Å². The van der Waals surface area contributed by atoms with Crippen molar-refractivity contribution in [3.63, 3.8) is 0 Å². The van der Waals surface area contributed by atoms with Crippen LogP contribution in [-0.2, 0) is 30.8 Å². The summed E-state index contributed by atoms with van der Waals surface area (Å²) in [5.41, 5.74) is 6.26. The summed E-state index contributed by atoms with van der Waals surface area (Å²) in [7, 11) is 2.11. The summed E-state index contributed by atoms with van der Waals surface area (Å²) < 4.78 is 52.8. The molecule has 0 atom stereocenters. The first-order valence-electron chi connectivity index (χ1n) is 15.2. The fourth-order valence-corrected chi connectivity index (χ4v) is 7.32. The number of pyridine rings is 1. The molecule has 5 heterocycles. The Morgan fingerprint density at radius 2 is 1.83 bits per heavy atom. The molecule has 5 aromatic rings. The van der Waals surface area contributed by atoms with Crippen LogP contribution in [0.4, 0.5) is 13.2 Å². The van der Waals surface area contributed by atoms with E-state index in [-0.39, 0.29) is 30.5 Å². The van der Waals surface area contributed by atoms with Crippen LogP contribution in [-0.4, -0.2) is 56.7 Å². The van der Waals surface area contributed by atoms with E-state index in [1.165, 1.54) is 33.4 Å². The molecule has 0 fully saturated rings. The molecule has 7 rings (SSSR count). The van der Waals surface area contributed by atoms with E-state index < -0.39 is 23.4 Å². The predicted molar refractivity (Wildman–Crippen MR) is 173 cm³/mol. The molecule has 0 bridgehead atoms. The van der Waals surface area contributed by atoms with Gasteiger partial charge in [-0.2, -0.15) is 5.10 Å². The van der Waals surface area contributed by atoms with E-state index in [9.17, 15) is 13.6 Å². The van der Waals surface area contributed by atoms with E-state index >= 15 is 4.39 Å². The molecule has 1 amide bonds. The number of carbonyl (C=O) groups excluding carboxylic acids is 1. The molecule has 2 aromatic carbocycles. The molecular weight excluding hydrogens is 611 g/mol. The van der Waals surface area contributed by atoms with Gasteiger partial charge in [-0.1, -0.05) is 18.7 Å². The molecule has 46 heavy (non-hydrogen) atoms. The number of carbonyl (C=O) groups is 1. The second-order valence-electron chi connectivity index (χ2n) is 12.1. The van der Waals surface area contributed by atoms with Crippen molar-refractivity contribution >= 4 is 27.3 Å². The van der Waals surface area contributed by atoms with Crippen molar-refractivity contribution in [3.05, 3.63) is 88.7 Å². The number of hydrogen-bond acceptors (Lipinski definition) is 6. The first-order chi connectivity index (χ1) is 22.1. The average molecular weight is 644 g/mol. The van der Waals surface area contributed by atoms with Crippen LogP contribution in [0.2, 0.25) is 0 Å². The molecule has 236 valence electrons. The molecule has 3 aromatic heterocycles. The molecule has 0 unspecified atom stereocenters. The van der Waals surface area contributed by atoms with Crippen LogP contribution in [0, 0.1) is 11.6 Å². The molecule has 0 saturated carbocycles. The van der Waals surface area contributed by atoms with Crippen molar-refractivity contribution in [2.45, 2.75) is 46.0 Å². The molecule has 0 radical (unpaired) electrons. The summed E-state index contributed by atoms with van der Waals surface area (Å²) in [6, 6.07) is 12.2. The molecule has 11 heteroatoms. The van der Waals surface area contributed by atoms with Crippen molar-refractivity contribution in [3.8, 4) is 39.5 Å². The number of benzene rings is 2. The van der Waals surface area contributed by atoms with Gasteiger partial charge in [-0.25, -0.2) is 18.2 Å². The predicted octanol–water partition coefficient (Wildman–Crippen LogP) is 7.37. The Labute approximate surface area is 268 Å². The van der Waals surface area contributed by atoms with Crippen molar-refractivity contribution in [2.75, 3.05) is 20.1 Å². The molecule has 7 nitrogen and oxygen atoms in total. The fraction of sp³-hybridized carbons (Fsp3) is 0.286. The number of likely N-dealkylation sites (N-methyl/N-ethyl adjacent to an activating group) is 1. The van der Waals surface area contributed by atoms with Crippen LogP contribution < -0.4 is 4.74 Å². The van der Waals surface area contributed by atoms with Crippen LogP contribution in [0.3, 0.4) is 0 Å². The highest BCUT2D eigenvalue weighted by Gasteiger charge is 2.29. The Morgan fingerprint density at radius 1 is 1.00 bits per heavy atom. The van der Waals surface area contributed by atoms with Gasteiger partial charge in [0.1, 0.15) is 28.8 Å². The maximum Gasteiger partial charge on any atom is 0.282 e. The van der Waals surface area contributed by atoms with E-state index in [1.54, 1.807) is 24.6 Å². The van der Waals surface area contributed by atoms with Gasteiger partial charge in [0.25, 0.3) is 5.91 Å². The normalized spacial score (nSPS) is 14.9. The third kappa shape index (κ3) is 5.37. The number of halogens is 3. The second kappa shape index (κ2) is 11.7. The van der Waals surface area contributed by atoms with E-state index in [4.69, 9.17) is 14.8 Å². The Bertz CT molecular complexity index is 2030. The second-order valence-corrected chi connectivity index (χ2v) is 13.0. The number of hydrogen-bond donors (Lipinski definition) is 0. The fourth-order valence-electron chi connectivity index (χ4n) is 6.37. The first kappa shape index (κ1) is 30.2. The Balaban J connectivity index is 1.47. The van der Waals surface area contributed by atoms with Gasteiger partial charge in [-0.3, -0.25) is 9.48 Å². The number of nitrogens with zero attached hydrogens (tertiary/aromatic N) is 5. The monoisotopic (exact) mass is 643 g/mol. The zero-order chi connectivity index (χ0) is 32.3. The summed E-state index contributed by atoms with van der Waals surface area (Å²) >= 11 is 1.44. The molecule has 0 saturated heterocycles. The van der Waals surface area contributed by atoms with Gasteiger partial charge < -0.3 is 14.5 Å². The Kier molecular flexibility index (Phi) is 7.68. The minimum absolute atomic E-state index is 0.0677. The number of rotatable bonds is 6. The minimum atomic E-state index is -1.02. The lowest BCUT2D eigenvalue weighted by molar-refractivity contribution is -0.130. The lowest BCUT2D eigenvalue weighted by Crippen LogP contribution is -2.38. The number of aromatic nitrogens is 3. The van der Waals surface area contributed by atoms with Crippen molar-refractivity contribution < 1.29 is 22.7 Å². The number of ether oxygens (including phenoxy) is 1. The quantitative estimate of drug-likeness (QED) is 0.181. The summed E-state index contributed by atoms with van der Waals surface area (Å²) in [6.07, 6.45) is 0.570. The summed E-state index contributed by atoms with van der Waals surface area (Å²) in [6.45, 7) is 9.31. The van der Waals surface area contributed by atoms with Crippen molar-refractivity contribution in [1.82, 2.24) is 24.6 Å². The largest absolute Gasteiger partial charge is 0.490 e. The Morgan fingerprint density at radius 3 is 2.61 bits per heavy atom. The minimum Gasteiger partial charge on any atom is -0.490 e. The van der Waals surface area contributed by atoms with Gasteiger partial charge in [0, 0.05) is 53.0 Å². The lowest BCUT2D eigenvalue weighted by Gasteiger charge is -2.26. The smallest absolute Gasteiger partial charge is 0.282 e. The summed E-state index contributed by atoms with van der Waals surface area (Å²) in [5, 5.41) is 7.62. The van der Waals surface area contributed by atoms with Gasteiger partial charge in [0.2, 0.25) is 0 Å². The summed E-state index contributed by atoms with van der Waals surface area (Å²) in [4.78, 5) is 21.3. The SMILES string of the molecule is C=C(F)C(=O)N1CCn2nc(-c3nc(-c4ccc5c(c4)CCN(C)C5)c4ccsc4c3-c3c(F)cc(F)cc3OC(C)C)cc2C1. The van der Waals surface area contributed by atoms with Gasteiger partial charge >= 0.3 is 0 Å². The van der Waals surface area contributed by atoms with Gasteiger partial charge in [0.05, 0.1) is 36.1 Å². The van der Waals surface area contributed by atoms with Gasteiger partial charge in [0.15, 0.2) is 5.83 Å². The highest BCUT2D eigenvalue weighted by Crippen LogP contribution is 2.47. The maximum atomic E-state index is 16.0. The van der Waals surface area contributed by atoms with Gasteiger partial charge in [-0.05, 0) is 62.0 Å². The van der Waals surface area contributed by atoms with Crippen molar-refractivity contribution in [1.29, 1.82) is 0 Å². The number of fused-ring (bicyclic) bond motifs is 3. The summed E-state index contributed by atoms with van der Waals surface area (Å²) in [5.74, 6) is -3.25. The standard InChI is InChI=1S/C35H32F3N5O2S/c1-19(2)45-29-15-24(37)14-27(38)30(29)31-33(28-16-25-18-42(35(44)20(3)36)10-11-43(25)40-28)39-32(26-8-12-46-34(26)31)22-5-6-23-17-41(4)9-7-21(23)13-22/h5-6,8,12-16,19H,3,7,9-11,17-18H2,1-2,4H3. The highest BCUT2D eigenvalue weighted by atomic mass is 32.1.